The molecule has 0 aromatic rings. The molecule has 0 saturated carbocycles. The Hall–Kier alpha value is -1.10. The van der Waals surface area contributed by atoms with Crippen LogP contribution in [0.5, 0.6) is 0 Å². The number of allylic oxidation sites excluding steroid dienone is 1. The van der Waals surface area contributed by atoms with Gasteiger partial charge in [0, 0.05) is 11.3 Å². The summed E-state index contributed by atoms with van der Waals surface area (Å²) in [6.45, 7) is 1.86. The summed E-state index contributed by atoms with van der Waals surface area (Å²) in [5.41, 5.74) is 0.0769. The zero-order valence-electron chi connectivity index (χ0n) is 8.31. The van der Waals surface area contributed by atoms with Gasteiger partial charge in [0.2, 0.25) is 6.04 Å². The van der Waals surface area contributed by atoms with Gasteiger partial charge in [-0.3, -0.25) is 10.1 Å². The van der Waals surface area contributed by atoms with Crippen LogP contribution in [-0.2, 0) is 9.53 Å². The zero-order chi connectivity index (χ0) is 11.4. The summed E-state index contributed by atoms with van der Waals surface area (Å²) in [4.78, 5) is 21.6. The van der Waals surface area contributed by atoms with E-state index in [-0.39, 0.29) is 24.0 Å². The summed E-state index contributed by atoms with van der Waals surface area (Å²) in [6, 6.07) is -0.973. The van der Waals surface area contributed by atoms with E-state index in [9.17, 15) is 14.9 Å². The van der Waals surface area contributed by atoms with Crippen LogP contribution in [0.25, 0.3) is 0 Å². The third-order valence-corrected chi connectivity index (χ3v) is 2.55. The van der Waals surface area contributed by atoms with Crippen LogP contribution < -0.4 is 0 Å². The van der Waals surface area contributed by atoms with Crippen molar-refractivity contribution >= 4 is 17.6 Å². The molecule has 0 spiro atoms. The molecule has 15 heavy (non-hydrogen) atoms. The summed E-state index contributed by atoms with van der Waals surface area (Å²) in [5.74, 6) is -0.635. The van der Waals surface area contributed by atoms with Crippen LogP contribution in [0.4, 0.5) is 0 Å². The smallest absolute Gasteiger partial charge is 0.340 e. The van der Waals surface area contributed by atoms with Gasteiger partial charge in [-0.25, -0.2) is 4.79 Å². The first kappa shape index (κ1) is 12.0. The Morgan fingerprint density at radius 1 is 1.73 bits per heavy atom. The van der Waals surface area contributed by atoms with Gasteiger partial charge >= 0.3 is 5.97 Å². The van der Waals surface area contributed by atoms with E-state index in [1.807, 2.05) is 0 Å². The molecule has 0 aliphatic heterocycles. The average Bonchev–Trinajstić information content (AvgIpc) is 2.17. The maximum atomic E-state index is 11.4. The highest BCUT2D eigenvalue weighted by molar-refractivity contribution is 6.22. The molecule has 0 saturated heterocycles. The Bertz CT molecular complexity index is 302. The predicted octanol–water partition coefficient (Wildman–Crippen LogP) is 1.52. The molecule has 5 nitrogen and oxygen atoms in total. The number of carbonyl (C=O) groups is 1. The van der Waals surface area contributed by atoms with Gasteiger partial charge in [-0.15, -0.1) is 11.6 Å². The Labute approximate surface area is 92.2 Å². The molecule has 2 unspecified atom stereocenters. The molecule has 2 atom stereocenters. The summed E-state index contributed by atoms with van der Waals surface area (Å²) in [5, 5.41) is 10.4. The van der Waals surface area contributed by atoms with Gasteiger partial charge in [-0.1, -0.05) is 0 Å². The van der Waals surface area contributed by atoms with E-state index in [1.165, 1.54) is 6.08 Å². The lowest BCUT2D eigenvalue weighted by atomic mass is 9.94. The fourth-order valence-corrected chi connectivity index (χ4v) is 1.76. The van der Waals surface area contributed by atoms with E-state index in [2.05, 4.69) is 0 Å². The monoisotopic (exact) mass is 233 g/mol. The summed E-state index contributed by atoms with van der Waals surface area (Å²) in [6.07, 6.45) is 2.22. The van der Waals surface area contributed by atoms with Gasteiger partial charge in [-0.05, 0) is 19.4 Å². The van der Waals surface area contributed by atoms with Crippen LogP contribution in [0.3, 0.4) is 0 Å². The number of halogens is 1. The molecule has 84 valence electrons. The second kappa shape index (κ2) is 5.11. The van der Waals surface area contributed by atoms with Crippen molar-refractivity contribution in [2.75, 3.05) is 6.61 Å². The van der Waals surface area contributed by atoms with Crippen LogP contribution in [0.15, 0.2) is 11.6 Å². The number of nitro groups is 1. The standard InChI is InChI=1S/C9H12ClNO4/c1-2-15-9(12)7-5-6(10)3-4-8(7)11(13)14/h5-6,8H,2-4H2,1H3. The highest BCUT2D eigenvalue weighted by atomic mass is 35.5. The van der Waals surface area contributed by atoms with Crippen molar-refractivity contribution in [1.82, 2.24) is 0 Å². The minimum absolute atomic E-state index is 0.0769. The largest absolute Gasteiger partial charge is 0.462 e. The molecular formula is C9H12ClNO4. The first-order valence-corrected chi connectivity index (χ1v) is 5.16. The Balaban J connectivity index is 2.87. The van der Waals surface area contributed by atoms with Crippen molar-refractivity contribution in [2.45, 2.75) is 31.2 Å². The fraction of sp³-hybridized carbons (Fsp3) is 0.667. The number of hydrogen-bond donors (Lipinski definition) is 0. The lowest BCUT2D eigenvalue weighted by Crippen LogP contribution is -2.32. The van der Waals surface area contributed by atoms with Crippen LogP contribution in [0.2, 0.25) is 0 Å². The third-order valence-electron chi connectivity index (χ3n) is 2.20. The van der Waals surface area contributed by atoms with E-state index >= 15 is 0 Å². The molecule has 0 aromatic carbocycles. The van der Waals surface area contributed by atoms with Crippen molar-refractivity contribution in [3.05, 3.63) is 21.8 Å². The Morgan fingerprint density at radius 3 is 2.93 bits per heavy atom. The van der Waals surface area contributed by atoms with Crippen molar-refractivity contribution in [3.63, 3.8) is 0 Å². The first-order valence-electron chi connectivity index (χ1n) is 4.72. The number of alkyl halides is 1. The summed E-state index contributed by atoms with van der Waals surface area (Å²) >= 11 is 5.82. The summed E-state index contributed by atoms with van der Waals surface area (Å²) in [7, 11) is 0. The van der Waals surface area contributed by atoms with Gasteiger partial charge < -0.3 is 4.74 Å². The van der Waals surface area contributed by atoms with E-state index in [0.29, 0.717) is 6.42 Å². The lowest BCUT2D eigenvalue weighted by Gasteiger charge is -2.18. The number of ether oxygens (including phenoxy) is 1. The van der Waals surface area contributed by atoms with Crippen LogP contribution in [-0.4, -0.2) is 28.9 Å². The van der Waals surface area contributed by atoms with E-state index < -0.39 is 16.9 Å². The van der Waals surface area contributed by atoms with Crippen molar-refractivity contribution in [1.29, 1.82) is 0 Å². The van der Waals surface area contributed by atoms with Crippen LogP contribution in [0.1, 0.15) is 19.8 Å². The highest BCUT2D eigenvalue weighted by Crippen LogP contribution is 2.25. The normalized spacial score (nSPS) is 25.6. The van der Waals surface area contributed by atoms with Gasteiger partial charge in [0.05, 0.1) is 12.0 Å². The van der Waals surface area contributed by atoms with E-state index in [1.54, 1.807) is 6.92 Å². The second-order valence-electron chi connectivity index (χ2n) is 3.24. The van der Waals surface area contributed by atoms with Gasteiger partial charge in [0.25, 0.3) is 0 Å². The zero-order valence-corrected chi connectivity index (χ0v) is 9.07. The molecular weight excluding hydrogens is 222 g/mol. The van der Waals surface area contributed by atoms with Gasteiger partial charge in [0.15, 0.2) is 0 Å². The third kappa shape index (κ3) is 2.92. The lowest BCUT2D eigenvalue weighted by molar-refractivity contribution is -0.513. The van der Waals surface area contributed by atoms with Crippen LogP contribution in [0, 0.1) is 10.1 Å². The number of esters is 1. The molecule has 0 aromatic heterocycles. The molecule has 1 rings (SSSR count). The highest BCUT2D eigenvalue weighted by Gasteiger charge is 2.35. The van der Waals surface area contributed by atoms with Crippen LogP contribution >= 0.6 is 11.6 Å². The second-order valence-corrected chi connectivity index (χ2v) is 3.80. The fourth-order valence-electron chi connectivity index (χ4n) is 1.50. The molecule has 0 bridgehead atoms. The number of rotatable bonds is 3. The van der Waals surface area contributed by atoms with E-state index in [0.717, 1.165) is 0 Å². The molecule has 6 heteroatoms. The summed E-state index contributed by atoms with van der Waals surface area (Å²) < 4.78 is 4.74. The van der Waals surface area contributed by atoms with Gasteiger partial charge in [-0.2, -0.15) is 0 Å². The molecule has 1 aliphatic carbocycles. The Morgan fingerprint density at radius 2 is 2.40 bits per heavy atom. The van der Waals surface area contributed by atoms with Gasteiger partial charge in [0.1, 0.15) is 5.57 Å². The predicted molar refractivity (Wildman–Crippen MR) is 54.4 cm³/mol. The minimum Gasteiger partial charge on any atom is -0.462 e. The molecule has 0 fully saturated rings. The quantitative estimate of drug-likeness (QED) is 0.321. The maximum Gasteiger partial charge on any atom is 0.340 e. The van der Waals surface area contributed by atoms with Crippen molar-refractivity contribution in [2.24, 2.45) is 0 Å². The first-order chi connectivity index (χ1) is 7.06. The van der Waals surface area contributed by atoms with Crippen molar-refractivity contribution < 1.29 is 14.5 Å². The molecule has 0 N–H and O–H groups in total. The number of hydrogen-bond acceptors (Lipinski definition) is 4. The minimum atomic E-state index is -0.973. The molecule has 0 radical (unpaired) electrons. The molecule has 0 amide bonds. The SMILES string of the molecule is CCOC(=O)C1=CC(Cl)CCC1[N+](=O)[O-]. The van der Waals surface area contributed by atoms with Crippen molar-refractivity contribution in [3.8, 4) is 0 Å². The average molecular weight is 234 g/mol. The topological polar surface area (TPSA) is 69.4 Å². The maximum absolute atomic E-state index is 11.4. The molecule has 1 aliphatic rings. The Kier molecular flexibility index (Phi) is 4.08. The molecule has 0 heterocycles. The number of nitrogens with zero attached hydrogens (tertiary/aromatic N) is 1. The number of carbonyl (C=O) groups excluding carboxylic acids is 1. The van der Waals surface area contributed by atoms with E-state index in [4.69, 9.17) is 16.3 Å².